The first-order chi connectivity index (χ1) is 6.34. The third-order valence-corrected chi connectivity index (χ3v) is 3.11. The van der Waals surface area contributed by atoms with Crippen LogP contribution in [0.4, 0.5) is 0 Å². The molecule has 0 unspecified atom stereocenters. The Hall–Kier alpha value is -0.460. The molecule has 0 atom stereocenters. The number of thiocyanates is 1. The van der Waals surface area contributed by atoms with E-state index < -0.39 is 0 Å². The number of aryl methyl sites for hydroxylation is 1. The molecule has 0 saturated carbocycles. The smallest absolute Gasteiger partial charge is 0.133 e. The van der Waals surface area contributed by atoms with Crippen LogP contribution >= 0.6 is 27.7 Å². The number of hydrogen-bond donors (Lipinski definition) is 0. The topological polar surface area (TPSA) is 23.8 Å². The van der Waals surface area contributed by atoms with Gasteiger partial charge < -0.3 is 0 Å². The summed E-state index contributed by atoms with van der Waals surface area (Å²) in [6.45, 7) is 0. The number of nitriles is 1. The maximum absolute atomic E-state index is 8.32. The molecule has 1 nitrogen and oxygen atoms in total. The Labute approximate surface area is 91.3 Å². The second-order valence-electron chi connectivity index (χ2n) is 2.63. The van der Waals surface area contributed by atoms with Crippen LogP contribution in [0.5, 0.6) is 0 Å². The lowest BCUT2D eigenvalue weighted by molar-refractivity contribution is 0.930. The molecule has 0 aliphatic rings. The molecular formula is C10H10BrNS. The zero-order chi connectivity index (χ0) is 9.52. The average molecular weight is 256 g/mol. The number of rotatable bonds is 4. The minimum atomic E-state index is 0.915. The molecule has 0 bridgehead atoms. The van der Waals surface area contributed by atoms with Crippen LogP contribution in [0.3, 0.4) is 0 Å². The summed E-state index contributed by atoms with van der Waals surface area (Å²) < 4.78 is 1.16. The van der Waals surface area contributed by atoms with Gasteiger partial charge in [0.15, 0.2) is 0 Å². The molecule has 0 aliphatic carbocycles. The Morgan fingerprint density at radius 2 is 2.15 bits per heavy atom. The number of thioether (sulfide) groups is 1. The van der Waals surface area contributed by atoms with Gasteiger partial charge in [0.1, 0.15) is 5.40 Å². The van der Waals surface area contributed by atoms with E-state index in [0.29, 0.717) is 0 Å². The van der Waals surface area contributed by atoms with Crippen LogP contribution in [0, 0.1) is 10.7 Å². The molecule has 0 saturated heterocycles. The summed E-state index contributed by atoms with van der Waals surface area (Å²) in [6, 6.07) is 8.21. The van der Waals surface area contributed by atoms with Gasteiger partial charge in [-0.25, -0.2) is 0 Å². The van der Waals surface area contributed by atoms with E-state index in [0.717, 1.165) is 23.1 Å². The molecule has 1 aromatic carbocycles. The molecule has 0 heterocycles. The van der Waals surface area contributed by atoms with Crippen molar-refractivity contribution in [1.82, 2.24) is 0 Å². The van der Waals surface area contributed by atoms with Gasteiger partial charge in [0.25, 0.3) is 0 Å². The molecule has 1 rings (SSSR count). The second-order valence-corrected chi connectivity index (χ2v) is 4.37. The van der Waals surface area contributed by atoms with Gasteiger partial charge in [0.05, 0.1) is 0 Å². The normalized spacial score (nSPS) is 9.54. The molecule has 0 spiro atoms. The zero-order valence-corrected chi connectivity index (χ0v) is 9.57. The predicted molar refractivity (Wildman–Crippen MR) is 60.5 cm³/mol. The van der Waals surface area contributed by atoms with E-state index in [-0.39, 0.29) is 0 Å². The number of benzene rings is 1. The van der Waals surface area contributed by atoms with Crippen LogP contribution in [0.2, 0.25) is 0 Å². The summed E-state index contributed by atoms with van der Waals surface area (Å²) in [7, 11) is 0. The van der Waals surface area contributed by atoms with Gasteiger partial charge in [0.2, 0.25) is 0 Å². The summed E-state index contributed by atoms with van der Waals surface area (Å²) >= 11 is 4.82. The average Bonchev–Trinajstić information content (AvgIpc) is 2.15. The standard InChI is InChI=1S/C10H10BrNS/c11-10-6-2-1-4-9(10)5-3-7-13-8-12/h1-2,4,6H,3,5,7H2. The first-order valence-electron chi connectivity index (χ1n) is 4.09. The maximum atomic E-state index is 8.32. The van der Waals surface area contributed by atoms with Gasteiger partial charge in [0, 0.05) is 10.2 Å². The predicted octanol–water partition coefficient (Wildman–Crippen LogP) is 3.60. The van der Waals surface area contributed by atoms with Crippen molar-refractivity contribution in [3.63, 3.8) is 0 Å². The third kappa shape index (κ3) is 3.84. The second kappa shape index (κ2) is 6.06. The molecule has 0 radical (unpaired) electrons. The molecule has 0 amide bonds. The Morgan fingerprint density at radius 1 is 1.38 bits per heavy atom. The minimum absolute atomic E-state index is 0.915. The monoisotopic (exact) mass is 255 g/mol. The summed E-state index contributed by atoms with van der Waals surface area (Å²) in [5.74, 6) is 0.915. The van der Waals surface area contributed by atoms with Crippen LogP contribution in [-0.4, -0.2) is 5.75 Å². The summed E-state index contributed by atoms with van der Waals surface area (Å²) in [4.78, 5) is 0. The Bertz CT molecular complexity index is 306. The van der Waals surface area contributed by atoms with E-state index in [1.165, 1.54) is 17.3 Å². The van der Waals surface area contributed by atoms with Gasteiger partial charge >= 0.3 is 0 Å². The van der Waals surface area contributed by atoms with Crippen LogP contribution < -0.4 is 0 Å². The lowest BCUT2D eigenvalue weighted by Crippen LogP contribution is -1.88. The van der Waals surface area contributed by atoms with Crippen LogP contribution in [-0.2, 0) is 6.42 Å². The fourth-order valence-electron chi connectivity index (χ4n) is 1.08. The van der Waals surface area contributed by atoms with Gasteiger partial charge in [-0.05, 0) is 36.2 Å². The van der Waals surface area contributed by atoms with Crippen molar-refractivity contribution in [2.24, 2.45) is 0 Å². The van der Waals surface area contributed by atoms with Crippen molar-refractivity contribution >= 4 is 27.7 Å². The first kappa shape index (κ1) is 10.6. The highest BCUT2D eigenvalue weighted by Gasteiger charge is 1.97. The largest absolute Gasteiger partial charge is 0.185 e. The number of nitrogens with zero attached hydrogens (tertiary/aromatic N) is 1. The highest BCUT2D eigenvalue weighted by atomic mass is 79.9. The van der Waals surface area contributed by atoms with Crippen molar-refractivity contribution in [3.8, 4) is 5.40 Å². The van der Waals surface area contributed by atoms with Crippen molar-refractivity contribution in [3.05, 3.63) is 34.3 Å². The minimum Gasteiger partial charge on any atom is -0.185 e. The number of hydrogen-bond acceptors (Lipinski definition) is 2. The highest BCUT2D eigenvalue weighted by molar-refractivity contribution is 9.10. The van der Waals surface area contributed by atoms with E-state index in [4.69, 9.17) is 5.26 Å². The fourth-order valence-corrected chi connectivity index (χ4v) is 1.94. The summed E-state index contributed by atoms with van der Waals surface area (Å²) in [5, 5.41) is 10.4. The van der Waals surface area contributed by atoms with Crippen molar-refractivity contribution in [1.29, 1.82) is 5.26 Å². The molecule has 0 aliphatic heterocycles. The Kier molecular flexibility index (Phi) is 4.95. The van der Waals surface area contributed by atoms with E-state index in [2.05, 4.69) is 27.4 Å². The van der Waals surface area contributed by atoms with E-state index in [1.807, 2.05) is 18.2 Å². The van der Waals surface area contributed by atoms with Gasteiger partial charge in [-0.15, -0.1) is 0 Å². The molecule has 68 valence electrons. The quantitative estimate of drug-likeness (QED) is 0.607. The summed E-state index contributed by atoms with van der Waals surface area (Å²) in [6.07, 6.45) is 2.09. The molecule has 1 aromatic rings. The Balaban J connectivity index is 2.37. The number of halogens is 1. The molecular weight excluding hydrogens is 246 g/mol. The zero-order valence-electron chi connectivity index (χ0n) is 7.16. The van der Waals surface area contributed by atoms with E-state index in [9.17, 15) is 0 Å². The lowest BCUT2D eigenvalue weighted by atomic mass is 10.1. The van der Waals surface area contributed by atoms with E-state index >= 15 is 0 Å². The molecule has 0 aromatic heterocycles. The maximum Gasteiger partial charge on any atom is 0.133 e. The van der Waals surface area contributed by atoms with Crippen molar-refractivity contribution < 1.29 is 0 Å². The molecule has 0 N–H and O–H groups in total. The van der Waals surface area contributed by atoms with Crippen LogP contribution in [0.1, 0.15) is 12.0 Å². The highest BCUT2D eigenvalue weighted by Crippen LogP contribution is 2.17. The van der Waals surface area contributed by atoms with Crippen LogP contribution in [0.25, 0.3) is 0 Å². The van der Waals surface area contributed by atoms with Gasteiger partial charge in [-0.2, -0.15) is 5.26 Å². The molecule has 3 heteroatoms. The van der Waals surface area contributed by atoms with Gasteiger partial charge in [-0.1, -0.05) is 34.1 Å². The molecule has 13 heavy (non-hydrogen) atoms. The van der Waals surface area contributed by atoms with Crippen LogP contribution in [0.15, 0.2) is 28.7 Å². The third-order valence-electron chi connectivity index (χ3n) is 1.71. The lowest BCUT2D eigenvalue weighted by Gasteiger charge is -2.01. The molecule has 0 fully saturated rings. The first-order valence-corrected chi connectivity index (χ1v) is 5.86. The Morgan fingerprint density at radius 3 is 2.85 bits per heavy atom. The van der Waals surface area contributed by atoms with E-state index in [1.54, 1.807) is 0 Å². The van der Waals surface area contributed by atoms with Gasteiger partial charge in [-0.3, -0.25) is 0 Å². The van der Waals surface area contributed by atoms with Crippen molar-refractivity contribution in [2.75, 3.05) is 5.75 Å². The SMILES string of the molecule is N#CSCCCc1ccccc1Br. The fraction of sp³-hybridized carbons (Fsp3) is 0.300. The summed E-state index contributed by atoms with van der Waals surface area (Å²) in [5.41, 5.74) is 1.32. The van der Waals surface area contributed by atoms with Crippen molar-refractivity contribution in [2.45, 2.75) is 12.8 Å².